The second-order valence-corrected chi connectivity index (χ2v) is 3.93. The minimum atomic E-state index is 0.687. The molecule has 0 unspecified atom stereocenters. The topological polar surface area (TPSA) is 26.0 Å². The van der Waals surface area contributed by atoms with Gasteiger partial charge in [0.25, 0.3) is 5.22 Å². The van der Waals surface area contributed by atoms with Gasteiger partial charge < -0.3 is 4.42 Å². The van der Waals surface area contributed by atoms with Crippen LogP contribution >= 0.6 is 11.8 Å². The van der Waals surface area contributed by atoms with Gasteiger partial charge in [0.1, 0.15) is 6.26 Å². The van der Waals surface area contributed by atoms with Crippen LogP contribution in [0.25, 0.3) is 0 Å². The van der Waals surface area contributed by atoms with Gasteiger partial charge in [0.2, 0.25) is 0 Å². The summed E-state index contributed by atoms with van der Waals surface area (Å²) in [7, 11) is 0. The first-order chi connectivity index (χ1) is 5.18. The third-order valence-corrected chi connectivity index (χ3v) is 2.41. The van der Waals surface area contributed by atoms with Crippen LogP contribution in [0.15, 0.2) is 15.9 Å². The van der Waals surface area contributed by atoms with Crippen LogP contribution in [0, 0.1) is 12.8 Å². The lowest BCUT2D eigenvalue weighted by Crippen LogP contribution is -1.89. The maximum absolute atomic E-state index is 5.17. The van der Waals surface area contributed by atoms with Crippen LogP contribution in [0.5, 0.6) is 0 Å². The Kier molecular flexibility index (Phi) is 3.00. The molecule has 0 N–H and O–H groups in total. The third kappa shape index (κ3) is 2.97. The predicted octanol–water partition coefficient (Wildman–Crippen LogP) is 2.73. The molecule has 1 aromatic rings. The van der Waals surface area contributed by atoms with Crippen molar-refractivity contribution < 1.29 is 4.42 Å². The van der Waals surface area contributed by atoms with Gasteiger partial charge in [-0.25, -0.2) is 4.98 Å². The minimum Gasteiger partial charge on any atom is -0.440 e. The molecule has 62 valence electrons. The molecule has 11 heavy (non-hydrogen) atoms. The average molecular weight is 171 g/mol. The summed E-state index contributed by atoms with van der Waals surface area (Å²) in [5, 5.41) is 0.788. The normalized spacial score (nSPS) is 10.9. The largest absolute Gasteiger partial charge is 0.440 e. The summed E-state index contributed by atoms with van der Waals surface area (Å²) in [6, 6.07) is 0. The van der Waals surface area contributed by atoms with Crippen LogP contribution in [0.1, 0.15) is 19.5 Å². The van der Waals surface area contributed by atoms with E-state index in [0.717, 1.165) is 16.7 Å². The Morgan fingerprint density at radius 1 is 1.64 bits per heavy atom. The molecule has 0 spiro atoms. The molecule has 0 aliphatic carbocycles. The third-order valence-electron chi connectivity index (χ3n) is 1.14. The van der Waals surface area contributed by atoms with Crippen molar-refractivity contribution >= 4 is 11.8 Å². The molecule has 0 amide bonds. The van der Waals surface area contributed by atoms with Crippen molar-refractivity contribution in [2.24, 2.45) is 5.92 Å². The van der Waals surface area contributed by atoms with Crippen molar-refractivity contribution in [2.75, 3.05) is 5.75 Å². The fourth-order valence-corrected chi connectivity index (χ4v) is 1.44. The van der Waals surface area contributed by atoms with Gasteiger partial charge in [-0.05, 0) is 12.8 Å². The molecule has 3 heteroatoms. The van der Waals surface area contributed by atoms with Crippen LogP contribution in [0.4, 0.5) is 0 Å². The molecule has 1 heterocycles. The predicted molar refractivity (Wildman–Crippen MR) is 46.8 cm³/mol. The van der Waals surface area contributed by atoms with E-state index in [9.17, 15) is 0 Å². The van der Waals surface area contributed by atoms with E-state index >= 15 is 0 Å². The Morgan fingerprint density at radius 2 is 2.36 bits per heavy atom. The van der Waals surface area contributed by atoms with Crippen molar-refractivity contribution in [1.82, 2.24) is 4.98 Å². The molecular weight excluding hydrogens is 158 g/mol. The Balaban J connectivity index is 2.39. The second kappa shape index (κ2) is 3.81. The molecule has 0 atom stereocenters. The van der Waals surface area contributed by atoms with Crippen LogP contribution in [-0.4, -0.2) is 10.7 Å². The summed E-state index contributed by atoms with van der Waals surface area (Å²) >= 11 is 1.67. The van der Waals surface area contributed by atoms with Gasteiger partial charge in [-0.3, -0.25) is 0 Å². The lowest BCUT2D eigenvalue weighted by molar-refractivity contribution is 0.453. The van der Waals surface area contributed by atoms with Gasteiger partial charge in [-0.15, -0.1) is 0 Å². The van der Waals surface area contributed by atoms with Gasteiger partial charge in [-0.2, -0.15) is 0 Å². The zero-order valence-electron chi connectivity index (χ0n) is 7.13. The average Bonchev–Trinajstić information content (AvgIpc) is 2.31. The highest BCUT2D eigenvalue weighted by atomic mass is 32.2. The van der Waals surface area contributed by atoms with Crippen molar-refractivity contribution in [3.63, 3.8) is 0 Å². The van der Waals surface area contributed by atoms with E-state index in [-0.39, 0.29) is 0 Å². The molecule has 0 aliphatic rings. The molecule has 0 bridgehead atoms. The van der Waals surface area contributed by atoms with Crippen LogP contribution < -0.4 is 0 Å². The number of aromatic nitrogens is 1. The van der Waals surface area contributed by atoms with E-state index in [1.807, 2.05) is 6.92 Å². The summed E-state index contributed by atoms with van der Waals surface area (Å²) in [5.41, 5.74) is 0.955. The Labute approximate surface area is 71.4 Å². The molecule has 0 radical (unpaired) electrons. The van der Waals surface area contributed by atoms with E-state index in [1.165, 1.54) is 0 Å². The molecule has 0 saturated carbocycles. The van der Waals surface area contributed by atoms with E-state index in [1.54, 1.807) is 18.0 Å². The Hall–Kier alpha value is -0.440. The number of nitrogens with zero attached hydrogens (tertiary/aromatic N) is 1. The maximum Gasteiger partial charge on any atom is 0.255 e. The summed E-state index contributed by atoms with van der Waals surface area (Å²) < 4.78 is 5.17. The molecule has 2 nitrogen and oxygen atoms in total. The summed E-state index contributed by atoms with van der Waals surface area (Å²) in [6.07, 6.45) is 1.68. The second-order valence-electron chi connectivity index (χ2n) is 2.96. The summed E-state index contributed by atoms with van der Waals surface area (Å²) in [4.78, 5) is 4.18. The SMILES string of the molecule is Cc1coc(SCC(C)C)n1. The number of oxazole rings is 1. The summed E-state index contributed by atoms with van der Waals surface area (Å²) in [6.45, 7) is 6.30. The lowest BCUT2D eigenvalue weighted by Gasteiger charge is -1.98. The van der Waals surface area contributed by atoms with Gasteiger partial charge >= 0.3 is 0 Å². The highest BCUT2D eigenvalue weighted by Gasteiger charge is 2.02. The first-order valence-corrected chi connectivity index (χ1v) is 4.72. The van der Waals surface area contributed by atoms with Gasteiger partial charge in [-0.1, -0.05) is 25.6 Å². The maximum atomic E-state index is 5.17. The number of rotatable bonds is 3. The fourth-order valence-electron chi connectivity index (χ4n) is 0.637. The smallest absolute Gasteiger partial charge is 0.255 e. The van der Waals surface area contributed by atoms with Crippen LogP contribution in [-0.2, 0) is 0 Å². The monoisotopic (exact) mass is 171 g/mol. The highest BCUT2D eigenvalue weighted by Crippen LogP contribution is 2.19. The molecule has 0 aliphatic heterocycles. The lowest BCUT2D eigenvalue weighted by atomic mass is 10.3. The quantitative estimate of drug-likeness (QED) is 0.654. The molecule has 0 saturated heterocycles. The Bertz CT molecular complexity index is 220. The zero-order valence-corrected chi connectivity index (χ0v) is 7.94. The Morgan fingerprint density at radius 3 is 2.82 bits per heavy atom. The number of hydrogen-bond acceptors (Lipinski definition) is 3. The first kappa shape index (κ1) is 8.65. The molecule has 1 rings (SSSR count). The van der Waals surface area contributed by atoms with E-state index < -0.39 is 0 Å². The molecule has 0 fully saturated rings. The standard InChI is InChI=1S/C8H13NOS/c1-6(2)5-11-8-9-7(3)4-10-8/h4,6H,5H2,1-3H3. The number of hydrogen-bond donors (Lipinski definition) is 0. The minimum absolute atomic E-state index is 0.687. The van der Waals surface area contributed by atoms with E-state index in [0.29, 0.717) is 5.92 Å². The fraction of sp³-hybridized carbons (Fsp3) is 0.625. The van der Waals surface area contributed by atoms with Crippen molar-refractivity contribution in [3.05, 3.63) is 12.0 Å². The van der Waals surface area contributed by atoms with Gasteiger partial charge in [0, 0.05) is 5.75 Å². The van der Waals surface area contributed by atoms with Gasteiger partial charge in [0.15, 0.2) is 0 Å². The highest BCUT2D eigenvalue weighted by molar-refractivity contribution is 7.99. The van der Waals surface area contributed by atoms with Crippen LogP contribution in [0.2, 0.25) is 0 Å². The first-order valence-electron chi connectivity index (χ1n) is 3.73. The van der Waals surface area contributed by atoms with E-state index in [2.05, 4.69) is 18.8 Å². The van der Waals surface area contributed by atoms with Crippen molar-refractivity contribution in [3.8, 4) is 0 Å². The van der Waals surface area contributed by atoms with Crippen molar-refractivity contribution in [2.45, 2.75) is 26.0 Å². The molecule has 0 aromatic carbocycles. The number of thioether (sulfide) groups is 1. The number of aryl methyl sites for hydroxylation is 1. The zero-order chi connectivity index (χ0) is 8.27. The van der Waals surface area contributed by atoms with Gasteiger partial charge in [0.05, 0.1) is 5.69 Å². The summed E-state index contributed by atoms with van der Waals surface area (Å²) in [5.74, 6) is 1.76. The van der Waals surface area contributed by atoms with Crippen molar-refractivity contribution in [1.29, 1.82) is 0 Å². The molecular formula is C8H13NOS. The van der Waals surface area contributed by atoms with E-state index in [4.69, 9.17) is 4.42 Å². The van der Waals surface area contributed by atoms with Crippen LogP contribution in [0.3, 0.4) is 0 Å². The molecule has 1 aromatic heterocycles.